The number of hydrogen-bond acceptors (Lipinski definition) is 2. The lowest BCUT2D eigenvalue weighted by molar-refractivity contribution is 0.102. The molecule has 1 aliphatic rings. The maximum Gasteiger partial charge on any atom is 0.212 e. The molecule has 3 aromatic rings. The van der Waals surface area contributed by atoms with Crippen molar-refractivity contribution in [2.45, 2.75) is 26.5 Å². The quantitative estimate of drug-likeness (QED) is 0.466. The van der Waals surface area contributed by atoms with Gasteiger partial charge in [0.05, 0.1) is 20.7 Å². The van der Waals surface area contributed by atoms with Crippen molar-refractivity contribution >= 4 is 28.4 Å². The van der Waals surface area contributed by atoms with Crippen molar-refractivity contribution in [3.63, 3.8) is 0 Å². The standard InChI is InChI=1S/C21H17OS2/c1-15-10-12-16(13-11-15)17(22)14-24-20-8-4-2-6-18(20)23-19-7-3-5-9-21(19)24/h2-13H,14H2,1H3/q+1. The second kappa shape index (κ2) is 6.50. The van der Waals surface area contributed by atoms with Crippen LogP contribution in [0.3, 0.4) is 0 Å². The van der Waals surface area contributed by atoms with E-state index in [2.05, 4.69) is 48.5 Å². The second-order valence-electron chi connectivity index (χ2n) is 5.82. The van der Waals surface area contributed by atoms with Gasteiger partial charge in [0.1, 0.15) is 0 Å². The number of hydrogen-bond donors (Lipinski definition) is 0. The molecule has 1 nitrogen and oxygen atoms in total. The zero-order chi connectivity index (χ0) is 16.5. The summed E-state index contributed by atoms with van der Waals surface area (Å²) in [4.78, 5) is 18.0. The molecule has 0 aromatic heterocycles. The average molecular weight is 350 g/mol. The van der Waals surface area contributed by atoms with Crippen molar-refractivity contribution in [3.05, 3.63) is 83.9 Å². The molecule has 0 aliphatic carbocycles. The summed E-state index contributed by atoms with van der Waals surface area (Å²) in [5, 5.41) is 0. The van der Waals surface area contributed by atoms with Crippen LogP contribution < -0.4 is 0 Å². The molecule has 0 bridgehead atoms. The maximum atomic E-state index is 12.8. The van der Waals surface area contributed by atoms with Crippen LogP contribution >= 0.6 is 11.8 Å². The summed E-state index contributed by atoms with van der Waals surface area (Å²) in [6, 6.07) is 24.9. The molecule has 0 saturated carbocycles. The first-order valence-corrected chi connectivity index (χ1v) is 10.1. The Morgan fingerprint density at radius 3 is 1.96 bits per heavy atom. The summed E-state index contributed by atoms with van der Waals surface area (Å²) in [7, 11) is -0.201. The summed E-state index contributed by atoms with van der Waals surface area (Å²) in [6.45, 7) is 2.04. The molecule has 3 aromatic carbocycles. The van der Waals surface area contributed by atoms with Crippen molar-refractivity contribution in [1.29, 1.82) is 0 Å². The van der Waals surface area contributed by atoms with E-state index in [9.17, 15) is 4.79 Å². The maximum absolute atomic E-state index is 12.8. The smallest absolute Gasteiger partial charge is 0.212 e. The van der Waals surface area contributed by atoms with Crippen molar-refractivity contribution in [3.8, 4) is 0 Å². The van der Waals surface area contributed by atoms with E-state index < -0.39 is 0 Å². The van der Waals surface area contributed by atoms with Gasteiger partial charge in [0, 0.05) is 5.56 Å². The lowest BCUT2D eigenvalue weighted by Crippen LogP contribution is -2.20. The predicted molar refractivity (Wildman–Crippen MR) is 101 cm³/mol. The molecule has 0 amide bonds. The molecule has 0 radical (unpaired) electrons. The van der Waals surface area contributed by atoms with Crippen LogP contribution in [0.5, 0.6) is 0 Å². The second-order valence-corrected chi connectivity index (χ2v) is 8.85. The highest BCUT2D eigenvalue weighted by atomic mass is 32.2. The third kappa shape index (κ3) is 2.90. The van der Waals surface area contributed by atoms with Gasteiger partial charge in [0.25, 0.3) is 0 Å². The van der Waals surface area contributed by atoms with E-state index in [1.54, 1.807) is 11.8 Å². The molecule has 0 atom stereocenters. The Bertz CT molecular complexity index is 854. The summed E-state index contributed by atoms with van der Waals surface area (Å²) in [6.07, 6.45) is 0. The number of carbonyl (C=O) groups is 1. The van der Waals surface area contributed by atoms with Crippen molar-refractivity contribution < 1.29 is 4.79 Å². The predicted octanol–water partition coefficient (Wildman–Crippen LogP) is 5.38. The third-order valence-electron chi connectivity index (χ3n) is 4.10. The van der Waals surface area contributed by atoms with Gasteiger partial charge in [0.15, 0.2) is 15.5 Å². The van der Waals surface area contributed by atoms with Crippen LogP contribution in [0.2, 0.25) is 0 Å². The van der Waals surface area contributed by atoms with Gasteiger partial charge in [-0.3, -0.25) is 4.79 Å². The summed E-state index contributed by atoms with van der Waals surface area (Å²) >= 11 is 1.81. The average Bonchev–Trinajstić information content (AvgIpc) is 2.62. The molecule has 4 rings (SSSR count). The number of carbonyl (C=O) groups excluding carboxylic acids is 1. The molecule has 1 aliphatic heterocycles. The molecule has 1 heterocycles. The Morgan fingerprint density at radius 2 is 1.38 bits per heavy atom. The van der Waals surface area contributed by atoms with Gasteiger partial charge in [-0.05, 0) is 31.2 Å². The van der Waals surface area contributed by atoms with E-state index in [0.717, 1.165) is 5.56 Å². The van der Waals surface area contributed by atoms with Crippen LogP contribution in [0.1, 0.15) is 15.9 Å². The molecule has 118 valence electrons. The molecule has 3 heteroatoms. The lowest BCUT2D eigenvalue weighted by atomic mass is 10.1. The molecular formula is C21H17OS2+. The number of rotatable bonds is 3. The first-order valence-electron chi connectivity index (χ1n) is 7.89. The number of Topliss-reactive ketones (excluding diaryl/α,β-unsaturated/α-hetero) is 1. The van der Waals surface area contributed by atoms with Gasteiger partial charge in [-0.1, -0.05) is 65.9 Å². The largest absolute Gasteiger partial charge is 0.289 e. The molecule has 0 spiro atoms. The summed E-state index contributed by atoms with van der Waals surface area (Å²) < 4.78 is 0. The first-order chi connectivity index (χ1) is 11.7. The van der Waals surface area contributed by atoms with E-state index >= 15 is 0 Å². The fourth-order valence-electron chi connectivity index (χ4n) is 2.82. The monoisotopic (exact) mass is 349 g/mol. The van der Waals surface area contributed by atoms with E-state index in [1.807, 2.05) is 31.2 Å². The third-order valence-corrected chi connectivity index (χ3v) is 7.83. The molecule has 0 N–H and O–H groups in total. The highest BCUT2D eigenvalue weighted by molar-refractivity contribution is 8.04. The Balaban J connectivity index is 1.72. The lowest BCUT2D eigenvalue weighted by Gasteiger charge is -2.18. The minimum absolute atomic E-state index is 0.201. The highest BCUT2D eigenvalue weighted by Crippen LogP contribution is 2.45. The molecule has 24 heavy (non-hydrogen) atoms. The van der Waals surface area contributed by atoms with Crippen LogP contribution in [0.4, 0.5) is 0 Å². The van der Waals surface area contributed by atoms with E-state index in [1.165, 1.54) is 25.1 Å². The number of fused-ring (bicyclic) bond motifs is 2. The normalized spacial score (nSPS) is 13.2. The van der Waals surface area contributed by atoms with Gasteiger partial charge in [-0.2, -0.15) is 0 Å². The molecule has 0 unspecified atom stereocenters. The van der Waals surface area contributed by atoms with Crippen LogP contribution in [-0.4, -0.2) is 11.5 Å². The van der Waals surface area contributed by atoms with Crippen LogP contribution in [-0.2, 0) is 10.9 Å². The van der Waals surface area contributed by atoms with Crippen molar-refractivity contribution in [2.24, 2.45) is 0 Å². The Morgan fingerprint density at radius 1 is 0.833 bits per heavy atom. The van der Waals surface area contributed by atoms with E-state index in [0.29, 0.717) is 5.75 Å². The van der Waals surface area contributed by atoms with Gasteiger partial charge >= 0.3 is 0 Å². The molecule has 0 fully saturated rings. The van der Waals surface area contributed by atoms with Gasteiger partial charge < -0.3 is 0 Å². The van der Waals surface area contributed by atoms with Gasteiger partial charge in [-0.15, -0.1) is 0 Å². The van der Waals surface area contributed by atoms with Crippen LogP contribution in [0, 0.1) is 6.92 Å². The van der Waals surface area contributed by atoms with Gasteiger partial charge in [-0.25, -0.2) is 0 Å². The Hall–Kier alpha value is -1.97. The van der Waals surface area contributed by atoms with Gasteiger partial charge in [0.2, 0.25) is 5.78 Å². The zero-order valence-electron chi connectivity index (χ0n) is 13.4. The SMILES string of the molecule is Cc1ccc(C(=O)C[S+]2c3ccccc3Sc3ccccc32)cc1. The minimum atomic E-state index is -0.201. The van der Waals surface area contributed by atoms with E-state index in [-0.39, 0.29) is 16.7 Å². The van der Waals surface area contributed by atoms with Crippen LogP contribution in [0.15, 0.2) is 92.4 Å². The summed E-state index contributed by atoms with van der Waals surface area (Å²) in [5.41, 5.74) is 1.99. The number of benzene rings is 3. The topological polar surface area (TPSA) is 17.1 Å². The fraction of sp³-hybridized carbons (Fsp3) is 0.0952. The highest BCUT2D eigenvalue weighted by Gasteiger charge is 2.37. The number of aryl methyl sites for hydroxylation is 1. The Kier molecular flexibility index (Phi) is 4.21. The summed E-state index contributed by atoms with van der Waals surface area (Å²) in [5.74, 6) is 0.757. The minimum Gasteiger partial charge on any atom is -0.289 e. The first kappa shape index (κ1) is 15.6. The van der Waals surface area contributed by atoms with Crippen LogP contribution in [0.25, 0.3) is 0 Å². The van der Waals surface area contributed by atoms with E-state index in [4.69, 9.17) is 0 Å². The molecule has 0 saturated heterocycles. The Labute approximate surface area is 149 Å². The molecular weight excluding hydrogens is 332 g/mol. The fourth-order valence-corrected chi connectivity index (χ4v) is 6.63. The van der Waals surface area contributed by atoms with Crippen molar-refractivity contribution in [1.82, 2.24) is 0 Å². The number of ketones is 1. The zero-order valence-corrected chi connectivity index (χ0v) is 15.0. The van der Waals surface area contributed by atoms with Crippen molar-refractivity contribution in [2.75, 3.05) is 5.75 Å².